The molecule has 1 aliphatic rings. The molecule has 0 bridgehead atoms. The first-order valence-corrected chi connectivity index (χ1v) is 6.56. The van der Waals surface area contributed by atoms with Gasteiger partial charge in [-0.05, 0) is 31.1 Å². The molecule has 0 aromatic carbocycles. The van der Waals surface area contributed by atoms with Crippen molar-refractivity contribution in [2.24, 2.45) is 11.8 Å². The fourth-order valence-electron chi connectivity index (χ4n) is 2.32. The first kappa shape index (κ1) is 13.0. The predicted octanol–water partition coefficient (Wildman–Crippen LogP) is 2.83. The van der Waals surface area contributed by atoms with E-state index in [2.05, 4.69) is 26.1 Å². The smallest absolute Gasteiger partial charge is 0.0591 e. The maximum atomic E-state index is 5.53. The van der Waals surface area contributed by atoms with E-state index in [-0.39, 0.29) is 0 Å². The molecule has 1 rings (SSSR count). The molecule has 0 aliphatic heterocycles. The summed E-state index contributed by atoms with van der Waals surface area (Å²) in [5.74, 6) is 1.73. The van der Waals surface area contributed by atoms with Crippen LogP contribution in [0.2, 0.25) is 0 Å². The summed E-state index contributed by atoms with van der Waals surface area (Å²) in [7, 11) is 0. The second-order valence-corrected chi connectivity index (χ2v) is 4.94. The van der Waals surface area contributed by atoms with E-state index >= 15 is 0 Å². The van der Waals surface area contributed by atoms with Crippen LogP contribution in [0.1, 0.15) is 46.5 Å². The highest BCUT2D eigenvalue weighted by atomic mass is 16.5. The summed E-state index contributed by atoms with van der Waals surface area (Å²) in [6.07, 6.45) is 5.15. The number of rotatable bonds is 7. The van der Waals surface area contributed by atoms with Gasteiger partial charge in [-0.15, -0.1) is 0 Å². The quantitative estimate of drug-likeness (QED) is 0.657. The number of hydrogen-bond acceptors (Lipinski definition) is 2. The van der Waals surface area contributed by atoms with Crippen LogP contribution < -0.4 is 5.32 Å². The Morgan fingerprint density at radius 1 is 1.20 bits per heavy atom. The molecule has 2 heteroatoms. The second-order valence-electron chi connectivity index (χ2n) is 4.94. The zero-order chi connectivity index (χ0) is 11.1. The van der Waals surface area contributed by atoms with Crippen LogP contribution in [-0.2, 0) is 4.74 Å². The van der Waals surface area contributed by atoms with Crippen LogP contribution in [0.4, 0.5) is 0 Å². The molecule has 1 saturated carbocycles. The van der Waals surface area contributed by atoms with Gasteiger partial charge in [-0.1, -0.05) is 27.2 Å². The van der Waals surface area contributed by atoms with E-state index in [1.807, 2.05) is 0 Å². The van der Waals surface area contributed by atoms with Crippen molar-refractivity contribution in [1.29, 1.82) is 0 Å². The molecule has 0 aromatic heterocycles. The molecule has 1 fully saturated rings. The number of hydrogen-bond donors (Lipinski definition) is 1. The molecule has 3 unspecified atom stereocenters. The van der Waals surface area contributed by atoms with Crippen LogP contribution in [0, 0.1) is 11.8 Å². The third kappa shape index (κ3) is 4.52. The Morgan fingerprint density at radius 3 is 2.60 bits per heavy atom. The average molecular weight is 213 g/mol. The molecule has 15 heavy (non-hydrogen) atoms. The fourth-order valence-corrected chi connectivity index (χ4v) is 2.32. The summed E-state index contributed by atoms with van der Waals surface area (Å²) in [6, 6.07) is 0.731. The van der Waals surface area contributed by atoms with E-state index < -0.39 is 0 Å². The van der Waals surface area contributed by atoms with Crippen molar-refractivity contribution in [1.82, 2.24) is 5.32 Å². The number of nitrogens with one attached hydrogen (secondary N) is 1. The maximum absolute atomic E-state index is 5.53. The average Bonchev–Trinajstić information content (AvgIpc) is 2.54. The minimum Gasteiger partial charge on any atom is -0.380 e. The zero-order valence-electron chi connectivity index (χ0n) is 10.6. The molecule has 90 valence electrons. The fraction of sp³-hybridized carbons (Fsp3) is 1.00. The second kappa shape index (κ2) is 7.24. The lowest BCUT2D eigenvalue weighted by molar-refractivity contribution is 0.129. The van der Waals surface area contributed by atoms with Crippen molar-refractivity contribution in [2.45, 2.75) is 52.5 Å². The van der Waals surface area contributed by atoms with Crippen LogP contribution in [0.15, 0.2) is 0 Å². The van der Waals surface area contributed by atoms with Crippen molar-refractivity contribution in [3.63, 3.8) is 0 Å². The third-order valence-corrected chi connectivity index (χ3v) is 3.76. The minimum atomic E-state index is 0.731. The van der Waals surface area contributed by atoms with Gasteiger partial charge in [0.25, 0.3) is 0 Å². The van der Waals surface area contributed by atoms with Crippen molar-refractivity contribution < 1.29 is 4.74 Å². The lowest BCUT2D eigenvalue weighted by atomic mass is 9.98. The standard InChI is InChI=1S/C13H27NO/c1-4-5-9-15-10-8-14-13-7-6-11(2)12(13)3/h11-14H,4-10H2,1-3H3. The van der Waals surface area contributed by atoms with Crippen LogP contribution >= 0.6 is 0 Å². The van der Waals surface area contributed by atoms with Gasteiger partial charge in [0.05, 0.1) is 6.61 Å². The number of unbranched alkanes of at least 4 members (excludes halogenated alkanes) is 1. The Morgan fingerprint density at radius 2 is 2.00 bits per heavy atom. The SMILES string of the molecule is CCCCOCCNC1CCC(C)C1C. The molecule has 3 atom stereocenters. The normalized spacial score (nSPS) is 31.0. The third-order valence-electron chi connectivity index (χ3n) is 3.76. The molecule has 0 radical (unpaired) electrons. The van der Waals surface area contributed by atoms with Gasteiger partial charge >= 0.3 is 0 Å². The topological polar surface area (TPSA) is 21.3 Å². The first-order valence-electron chi connectivity index (χ1n) is 6.56. The first-order chi connectivity index (χ1) is 7.25. The largest absolute Gasteiger partial charge is 0.380 e. The predicted molar refractivity (Wildman–Crippen MR) is 65.1 cm³/mol. The van der Waals surface area contributed by atoms with E-state index in [0.29, 0.717) is 0 Å². The molecular weight excluding hydrogens is 186 g/mol. The van der Waals surface area contributed by atoms with E-state index in [9.17, 15) is 0 Å². The summed E-state index contributed by atoms with van der Waals surface area (Å²) in [5.41, 5.74) is 0. The molecule has 1 aliphatic carbocycles. The van der Waals surface area contributed by atoms with E-state index in [0.717, 1.165) is 37.6 Å². The van der Waals surface area contributed by atoms with Gasteiger partial charge in [-0.25, -0.2) is 0 Å². The van der Waals surface area contributed by atoms with Gasteiger partial charge in [0.1, 0.15) is 0 Å². The minimum absolute atomic E-state index is 0.731. The van der Waals surface area contributed by atoms with Gasteiger partial charge < -0.3 is 10.1 Å². The molecule has 0 saturated heterocycles. The van der Waals surface area contributed by atoms with E-state index in [1.165, 1.54) is 25.7 Å². The molecule has 0 aromatic rings. The molecule has 0 heterocycles. The van der Waals surface area contributed by atoms with E-state index in [4.69, 9.17) is 4.74 Å². The van der Waals surface area contributed by atoms with Crippen LogP contribution in [-0.4, -0.2) is 25.8 Å². The lowest BCUT2D eigenvalue weighted by Crippen LogP contribution is -2.34. The van der Waals surface area contributed by atoms with Crippen LogP contribution in [0.5, 0.6) is 0 Å². The van der Waals surface area contributed by atoms with Crippen LogP contribution in [0.3, 0.4) is 0 Å². The molecule has 2 nitrogen and oxygen atoms in total. The highest BCUT2D eigenvalue weighted by Crippen LogP contribution is 2.30. The summed E-state index contributed by atoms with van der Waals surface area (Å²) in [5, 5.41) is 3.61. The summed E-state index contributed by atoms with van der Waals surface area (Å²) >= 11 is 0. The van der Waals surface area contributed by atoms with Gasteiger partial charge in [0.2, 0.25) is 0 Å². The van der Waals surface area contributed by atoms with Crippen LogP contribution in [0.25, 0.3) is 0 Å². The van der Waals surface area contributed by atoms with Gasteiger partial charge in [-0.3, -0.25) is 0 Å². The monoisotopic (exact) mass is 213 g/mol. The molecule has 0 spiro atoms. The highest BCUT2D eigenvalue weighted by Gasteiger charge is 2.28. The van der Waals surface area contributed by atoms with Gasteiger partial charge in [-0.2, -0.15) is 0 Å². The van der Waals surface area contributed by atoms with E-state index in [1.54, 1.807) is 0 Å². The Bertz CT molecular complexity index is 161. The molecular formula is C13H27NO. The number of ether oxygens (including phenoxy) is 1. The van der Waals surface area contributed by atoms with Crippen molar-refractivity contribution >= 4 is 0 Å². The summed E-state index contributed by atoms with van der Waals surface area (Å²) < 4.78 is 5.53. The molecule has 1 N–H and O–H groups in total. The Kier molecular flexibility index (Phi) is 6.26. The zero-order valence-corrected chi connectivity index (χ0v) is 10.6. The van der Waals surface area contributed by atoms with Gasteiger partial charge in [0, 0.05) is 19.2 Å². The van der Waals surface area contributed by atoms with Gasteiger partial charge in [0.15, 0.2) is 0 Å². The van der Waals surface area contributed by atoms with Crippen molar-refractivity contribution in [2.75, 3.05) is 19.8 Å². The van der Waals surface area contributed by atoms with Crippen molar-refractivity contribution in [3.05, 3.63) is 0 Å². The Hall–Kier alpha value is -0.0800. The Balaban J connectivity index is 1.96. The summed E-state index contributed by atoms with van der Waals surface area (Å²) in [4.78, 5) is 0. The Labute approximate surface area is 94.8 Å². The maximum Gasteiger partial charge on any atom is 0.0591 e. The van der Waals surface area contributed by atoms with Crippen molar-refractivity contribution in [3.8, 4) is 0 Å². The summed E-state index contributed by atoms with van der Waals surface area (Å²) in [6.45, 7) is 9.75. The lowest BCUT2D eigenvalue weighted by Gasteiger charge is -2.19. The molecule has 0 amide bonds. The highest BCUT2D eigenvalue weighted by molar-refractivity contribution is 4.84.